The molecule has 62 valence electrons. The quantitative estimate of drug-likeness (QED) is 0.699. The fourth-order valence-electron chi connectivity index (χ4n) is 0.666. The molecule has 0 unspecified atom stereocenters. The number of hydrogen-bond donors (Lipinski definition) is 2. The molecule has 11 heavy (non-hydrogen) atoms. The summed E-state index contributed by atoms with van der Waals surface area (Å²) in [6.45, 7) is 2.86. The maximum Gasteiger partial charge on any atom is 0.106 e. The second kappa shape index (κ2) is 4.43. The summed E-state index contributed by atoms with van der Waals surface area (Å²) in [6, 6.07) is 0.152. The number of thiazole rings is 1. The Morgan fingerprint density at radius 1 is 1.82 bits per heavy atom. The van der Waals surface area contributed by atoms with Gasteiger partial charge in [-0.25, -0.2) is 4.98 Å². The summed E-state index contributed by atoms with van der Waals surface area (Å²) in [7, 11) is 0. The summed E-state index contributed by atoms with van der Waals surface area (Å²) in [5.41, 5.74) is 0. The van der Waals surface area contributed by atoms with Crippen LogP contribution in [0.15, 0.2) is 11.6 Å². The Labute approximate surface area is 70.1 Å². The lowest BCUT2D eigenvalue weighted by atomic mass is 10.4. The molecule has 0 saturated heterocycles. The third-order valence-corrected chi connectivity index (χ3v) is 2.14. The first-order chi connectivity index (χ1) is 5.33. The van der Waals surface area contributed by atoms with Crippen LogP contribution in [0, 0.1) is 0 Å². The number of rotatable bonds is 4. The topological polar surface area (TPSA) is 45.1 Å². The molecule has 0 radical (unpaired) electrons. The Morgan fingerprint density at radius 2 is 2.64 bits per heavy atom. The van der Waals surface area contributed by atoms with E-state index in [1.165, 1.54) is 0 Å². The van der Waals surface area contributed by atoms with Gasteiger partial charge in [-0.15, -0.1) is 11.3 Å². The van der Waals surface area contributed by atoms with E-state index in [-0.39, 0.29) is 12.6 Å². The van der Waals surface area contributed by atoms with Gasteiger partial charge in [0, 0.05) is 24.2 Å². The largest absolute Gasteiger partial charge is 0.395 e. The van der Waals surface area contributed by atoms with E-state index >= 15 is 0 Å². The predicted octanol–water partition coefficient (Wildman–Crippen LogP) is 0.613. The monoisotopic (exact) mass is 172 g/mol. The Kier molecular flexibility index (Phi) is 3.48. The molecular formula is C7H12N2OS. The van der Waals surface area contributed by atoms with Crippen LogP contribution in [0.3, 0.4) is 0 Å². The van der Waals surface area contributed by atoms with E-state index < -0.39 is 0 Å². The second-order valence-electron chi connectivity index (χ2n) is 2.39. The van der Waals surface area contributed by atoms with Crippen LogP contribution in [0.1, 0.15) is 11.9 Å². The van der Waals surface area contributed by atoms with Crippen molar-refractivity contribution < 1.29 is 5.11 Å². The molecule has 0 aromatic carbocycles. The van der Waals surface area contributed by atoms with Gasteiger partial charge in [0.05, 0.1) is 6.61 Å². The van der Waals surface area contributed by atoms with Gasteiger partial charge in [0.2, 0.25) is 0 Å². The van der Waals surface area contributed by atoms with Gasteiger partial charge in [-0.05, 0) is 6.92 Å². The molecule has 1 atom stereocenters. The van der Waals surface area contributed by atoms with Gasteiger partial charge < -0.3 is 10.4 Å². The van der Waals surface area contributed by atoms with Crippen LogP contribution in [0.2, 0.25) is 0 Å². The smallest absolute Gasteiger partial charge is 0.106 e. The van der Waals surface area contributed by atoms with Gasteiger partial charge in [0.1, 0.15) is 5.01 Å². The SMILES string of the molecule is C[C@@H](CO)NCc1nccs1. The number of hydrogen-bond acceptors (Lipinski definition) is 4. The summed E-state index contributed by atoms with van der Waals surface area (Å²) < 4.78 is 0. The molecule has 1 rings (SSSR count). The van der Waals surface area contributed by atoms with Crippen LogP contribution in [-0.4, -0.2) is 22.7 Å². The molecule has 2 N–H and O–H groups in total. The minimum Gasteiger partial charge on any atom is -0.395 e. The highest BCUT2D eigenvalue weighted by atomic mass is 32.1. The van der Waals surface area contributed by atoms with Crippen molar-refractivity contribution >= 4 is 11.3 Å². The Bertz CT molecular complexity index is 188. The standard InChI is InChI=1S/C7H12N2OS/c1-6(5-10)9-4-7-8-2-3-11-7/h2-3,6,9-10H,4-5H2,1H3/t6-/m0/s1. The molecule has 0 saturated carbocycles. The normalized spacial score (nSPS) is 13.3. The minimum atomic E-state index is 0.152. The number of aromatic nitrogens is 1. The fourth-order valence-corrected chi connectivity index (χ4v) is 1.23. The minimum absolute atomic E-state index is 0.152. The van der Waals surface area contributed by atoms with E-state index in [0.717, 1.165) is 11.6 Å². The van der Waals surface area contributed by atoms with E-state index in [1.54, 1.807) is 17.5 Å². The molecule has 0 aliphatic carbocycles. The van der Waals surface area contributed by atoms with Crippen molar-refractivity contribution in [2.24, 2.45) is 0 Å². The van der Waals surface area contributed by atoms with Gasteiger partial charge in [-0.1, -0.05) is 0 Å². The van der Waals surface area contributed by atoms with Crippen molar-refractivity contribution in [1.29, 1.82) is 0 Å². The van der Waals surface area contributed by atoms with E-state index in [2.05, 4.69) is 10.3 Å². The number of aliphatic hydroxyl groups excluding tert-OH is 1. The first kappa shape index (κ1) is 8.64. The van der Waals surface area contributed by atoms with E-state index in [4.69, 9.17) is 5.11 Å². The first-order valence-corrected chi connectivity index (χ1v) is 4.43. The van der Waals surface area contributed by atoms with E-state index in [1.807, 2.05) is 12.3 Å². The van der Waals surface area contributed by atoms with Crippen molar-refractivity contribution in [2.45, 2.75) is 19.5 Å². The number of nitrogens with one attached hydrogen (secondary N) is 1. The van der Waals surface area contributed by atoms with E-state index in [9.17, 15) is 0 Å². The fraction of sp³-hybridized carbons (Fsp3) is 0.571. The molecule has 0 aliphatic heterocycles. The highest BCUT2D eigenvalue weighted by Crippen LogP contribution is 2.02. The molecule has 0 spiro atoms. The first-order valence-electron chi connectivity index (χ1n) is 3.55. The van der Waals surface area contributed by atoms with Crippen molar-refractivity contribution in [1.82, 2.24) is 10.3 Å². The van der Waals surface area contributed by atoms with Crippen LogP contribution in [0.25, 0.3) is 0 Å². The van der Waals surface area contributed by atoms with Gasteiger partial charge in [0.15, 0.2) is 0 Å². The summed E-state index contributed by atoms with van der Waals surface area (Å²) in [5, 5.41) is 14.8. The maximum atomic E-state index is 8.68. The molecular weight excluding hydrogens is 160 g/mol. The van der Waals surface area contributed by atoms with E-state index in [0.29, 0.717) is 0 Å². The Hall–Kier alpha value is -0.450. The van der Waals surface area contributed by atoms with Crippen molar-refractivity contribution in [3.05, 3.63) is 16.6 Å². The summed E-state index contributed by atoms with van der Waals surface area (Å²) >= 11 is 1.62. The maximum absolute atomic E-state index is 8.68. The lowest BCUT2D eigenvalue weighted by Crippen LogP contribution is -2.28. The van der Waals surface area contributed by atoms with Crippen molar-refractivity contribution in [2.75, 3.05) is 6.61 Å². The molecule has 0 fully saturated rings. The second-order valence-corrected chi connectivity index (χ2v) is 3.37. The van der Waals surface area contributed by atoms with Crippen molar-refractivity contribution in [3.8, 4) is 0 Å². The zero-order valence-corrected chi connectivity index (χ0v) is 7.27. The van der Waals surface area contributed by atoms with Crippen LogP contribution in [0.4, 0.5) is 0 Å². The molecule has 1 aromatic heterocycles. The third-order valence-electron chi connectivity index (χ3n) is 1.36. The van der Waals surface area contributed by atoms with Gasteiger partial charge >= 0.3 is 0 Å². The summed E-state index contributed by atoms with van der Waals surface area (Å²) in [5.74, 6) is 0. The van der Waals surface area contributed by atoms with Crippen LogP contribution in [-0.2, 0) is 6.54 Å². The van der Waals surface area contributed by atoms with Crippen LogP contribution >= 0.6 is 11.3 Å². The zero-order valence-electron chi connectivity index (χ0n) is 6.45. The Balaban J connectivity index is 2.23. The molecule has 0 aliphatic rings. The molecule has 3 nitrogen and oxygen atoms in total. The van der Waals surface area contributed by atoms with Gasteiger partial charge in [-0.3, -0.25) is 0 Å². The summed E-state index contributed by atoms with van der Waals surface area (Å²) in [6.07, 6.45) is 1.78. The lowest BCUT2D eigenvalue weighted by molar-refractivity contribution is 0.251. The van der Waals surface area contributed by atoms with Crippen LogP contribution < -0.4 is 5.32 Å². The predicted molar refractivity (Wildman–Crippen MR) is 45.5 cm³/mol. The molecule has 0 bridgehead atoms. The molecule has 1 aromatic rings. The molecule has 1 heterocycles. The lowest BCUT2D eigenvalue weighted by Gasteiger charge is -2.07. The van der Waals surface area contributed by atoms with Crippen LogP contribution in [0.5, 0.6) is 0 Å². The average Bonchev–Trinajstić information content (AvgIpc) is 2.52. The number of aliphatic hydroxyl groups is 1. The zero-order chi connectivity index (χ0) is 8.10. The van der Waals surface area contributed by atoms with Gasteiger partial charge in [-0.2, -0.15) is 0 Å². The Morgan fingerprint density at radius 3 is 3.18 bits per heavy atom. The third kappa shape index (κ3) is 2.96. The number of nitrogens with zero attached hydrogens (tertiary/aromatic N) is 1. The summed E-state index contributed by atoms with van der Waals surface area (Å²) in [4.78, 5) is 4.10. The highest BCUT2D eigenvalue weighted by Gasteiger charge is 1.99. The molecule has 4 heteroatoms. The highest BCUT2D eigenvalue weighted by molar-refractivity contribution is 7.09. The average molecular weight is 172 g/mol. The van der Waals surface area contributed by atoms with Crippen molar-refractivity contribution in [3.63, 3.8) is 0 Å². The molecule has 0 amide bonds. The van der Waals surface area contributed by atoms with Gasteiger partial charge in [0.25, 0.3) is 0 Å².